The van der Waals surface area contributed by atoms with Gasteiger partial charge in [-0.2, -0.15) is 0 Å². The molecule has 2 rings (SSSR count). The number of aliphatic hydroxyl groups is 1. The predicted molar refractivity (Wildman–Crippen MR) is 71.2 cm³/mol. The predicted octanol–water partition coefficient (Wildman–Crippen LogP) is 1.81. The number of benzene rings is 1. The van der Waals surface area contributed by atoms with Crippen LogP contribution in [0.2, 0.25) is 0 Å². The van der Waals surface area contributed by atoms with E-state index in [0.717, 1.165) is 19.3 Å². The monoisotopic (exact) mass is 247 g/mol. The van der Waals surface area contributed by atoms with Gasteiger partial charge in [-0.25, -0.2) is 0 Å². The molecule has 1 amide bonds. The summed E-state index contributed by atoms with van der Waals surface area (Å²) < 4.78 is 0. The third kappa shape index (κ3) is 4.15. The van der Waals surface area contributed by atoms with Gasteiger partial charge < -0.3 is 10.4 Å². The van der Waals surface area contributed by atoms with Gasteiger partial charge in [-0.3, -0.25) is 4.79 Å². The number of hydrogen-bond acceptors (Lipinski definition) is 2. The van der Waals surface area contributed by atoms with Gasteiger partial charge in [-0.05, 0) is 37.7 Å². The number of aryl methyl sites for hydroxylation is 2. The normalized spacial score (nSPS) is 16.3. The van der Waals surface area contributed by atoms with Gasteiger partial charge in [0.1, 0.15) is 0 Å². The Hall–Kier alpha value is -1.35. The van der Waals surface area contributed by atoms with Gasteiger partial charge in [0, 0.05) is 13.0 Å². The maximum absolute atomic E-state index is 11.6. The van der Waals surface area contributed by atoms with E-state index in [1.165, 1.54) is 11.1 Å². The highest BCUT2D eigenvalue weighted by Crippen LogP contribution is 2.32. The summed E-state index contributed by atoms with van der Waals surface area (Å²) in [5.41, 5.74) is 2.41. The minimum Gasteiger partial charge on any atom is -0.391 e. The summed E-state index contributed by atoms with van der Waals surface area (Å²) in [6, 6.07) is 8.21. The van der Waals surface area contributed by atoms with Crippen LogP contribution in [0.3, 0.4) is 0 Å². The van der Waals surface area contributed by atoms with Crippen molar-refractivity contribution in [3.8, 4) is 0 Å². The van der Waals surface area contributed by atoms with Crippen LogP contribution in [0.1, 0.15) is 30.4 Å². The molecule has 18 heavy (non-hydrogen) atoms. The van der Waals surface area contributed by atoms with Gasteiger partial charge in [-0.1, -0.05) is 29.8 Å². The van der Waals surface area contributed by atoms with Crippen LogP contribution in [0.15, 0.2) is 24.3 Å². The fourth-order valence-corrected chi connectivity index (χ4v) is 2.08. The second-order valence-corrected chi connectivity index (χ2v) is 5.20. The van der Waals surface area contributed by atoms with Crippen molar-refractivity contribution in [2.24, 2.45) is 5.92 Å². The molecule has 98 valence electrons. The first kappa shape index (κ1) is 13.1. The molecule has 1 saturated carbocycles. The average Bonchev–Trinajstić information content (AvgIpc) is 3.17. The molecule has 1 unspecified atom stereocenters. The summed E-state index contributed by atoms with van der Waals surface area (Å²) in [6.45, 7) is 2.45. The van der Waals surface area contributed by atoms with Crippen molar-refractivity contribution < 1.29 is 9.90 Å². The lowest BCUT2D eigenvalue weighted by atomic mass is 10.1. The Morgan fingerprint density at radius 3 is 2.94 bits per heavy atom. The number of carbonyl (C=O) groups is 1. The van der Waals surface area contributed by atoms with E-state index >= 15 is 0 Å². The minimum atomic E-state index is -0.354. The van der Waals surface area contributed by atoms with Crippen LogP contribution in [0.5, 0.6) is 0 Å². The first-order chi connectivity index (χ1) is 8.65. The smallest absolute Gasteiger partial charge is 0.220 e. The lowest BCUT2D eigenvalue weighted by molar-refractivity contribution is -0.121. The van der Waals surface area contributed by atoms with E-state index < -0.39 is 0 Å². The van der Waals surface area contributed by atoms with Gasteiger partial charge >= 0.3 is 0 Å². The molecule has 1 aromatic carbocycles. The van der Waals surface area contributed by atoms with Crippen LogP contribution in [-0.4, -0.2) is 23.7 Å². The molecule has 1 aromatic rings. The van der Waals surface area contributed by atoms with Crippen molar-refractivity contribution in [2.45, 2.75) is 38.7 Å². The lowest BCUT2D eigenvalue weighted by Gasteiger charge is -2.10. The van der Waals surface area contributed by atoms with Crippen LogP contribution in [0.25, 0.3) is 0 Å². The van der Waals surface area contributed by atoms with Gasteiger partial charge in [0.2, 0.25) is 5.91 Å². The Morgan fingerprint density at radius 1 is 1.50 bits per heavy atom. The van der Waals surface area contributed by atoms with E-state index in [1.807, 2.05) is 12.1 Å². The molecule has 0 heterocycles. The summed E-state index contributed by atoms with van der Waals surface area (Å²) in [6.07, 6.45) is 3.09. The Morgan fingerprint density at radius 2 is 2.28 bits per heavy atom. The summed E-state index contributed by atoms with van der Waals surface area (Å²) in [5, 5.41) is 12.4. The van der Waals surface area contributed by atoms with Crippen molar-refractivity contribution in [3.63, 3.8) is 0 Å². The van der Waals surface area contributed by atoms with Crippen LogP contribution >= 0.6 is 0 Å². The summed E-state index contributed by atoms with van der Waals surface area (Å²) in [7, 11) is 0. The van der Waals surface area contributed by atoms with Gasteiger partial charge in [0.15, 0.2) is 0 Å². The highest BCUT2D eigenvalue weighted by Gasteiger charge is 2.29. The van der Waals surface area contributed by atoms with Crippen LogP contribution < -0.4 is 5.32 Å². The van der Waals surface area contributed by atoms with E-state index in [4.69, 9.17) is 0 Å². The Kier molecular flexibility index (Phi) is 4.37. The molecule has 0 radical (unpaired) electrons. The quantitative estimate of drug-likeness (QED) is 0.805. The summed E-state index contributed by atoms with van der Waals surface area (Å²) in [4.78, 5) is 11.6. The fraction of sp³-hybridized carbons (Fsp3) is 0.533. The van der Waals surface area contributed by atoms with Crippen LogP contribution in [0.4, 0.5) is 0 Å². The second kappa shape index (κ2) is 6.01. The third-order valence-electron chi connectivity index (χ3n) is 3.40. The number of rotatable bonds is 6. The van der Waals surface area contributed by atoms with Gasteiger partial charge in [-0.15, -0.1) is 0 Å². The summed E-state index contributed by atoms with van der Waals surface area (Å²) >= 11 is 0. The highest BCUT2D eigenvalue weighted by molar-refractivity contribution is 5.76. The van der Waals surface area contributed by atoms with Crippen molar-refractivity contribution in [3.05, 3.63) is 35.4 Å². The molecule has 3 nitrogen and oxygen atoms in total. The average molecular weight is 247 g/mol. The molecule has 0 aliphatic heterocycles. The maximum Gasteiger partial charge on any atom is 0.220 e. The zero-order valence-corrected chi connectivity index (χ0v) is 10.9. The van der Waals surface area contributed by atoms with Gasteiger partial charge in [0.05, 0.1) is 6.10 Å². The van der Waals surface area contributed by atoms with Crippen molar-refractivity contribution in [1.82, 2.24) is 5.32 Å². The molecule has 1 fully saturated rings. The molecular formula is C15H21NO2. The van der Waals surface area contributed by atoms with Crippen molar-refractivity contribution in [1.29, 1.82) is 0 Å². The highest BCUT2D eigenvalue weighted by atomic mass is 16.3. The van der Waals surface area contributed by atoms with Gasteiger partial charge in [0.25, 0.3) is 0 Å². The first-order valence-corrected chi connectivity index (χ1v) is 6.65. The SMILES string of the molecule is Cc1cccc(CCC(=O)NCC(O)C2CC2)c1. The zero-order chi connectivity index (χ0) is 13.0. The van der Waals surface area contributed by atoms with E-state index in [0.29, 0.717) is 18.9 Å². The first-order valence-electron chi connectivity index (χ1n) is 6.65. The molecule has 1 atom stereocenters. The number of amides is 1. The number of nitrogens with one attached hydrogen (secondary N) is 1. The maximum atomic E-state index is 11.6. The molecule has 1 aliphatic rings. The molecule has 2 N–H and O–H groups in total. The van der Waals surface area contributed by atoms with Crippen LogP contribution in [-0.2, 0) is 11.2 Å². The molecular weight excluding hydrogens is 226 g/mol. The lowest BCUT2D eigenvalue weighted by Crippen LogP contribution is -2.33. The van der Waals surface area contributed by atoms with Crippen LogP contribution in [0, 0.1) is 12.8 Å². The molecule has 0 bridgehead atoms. The Labute approximate surface area is 108 Å². The number of aliphatic hydroxyl groups excluding tert-OH is 1. The number of carbonyl (C=O) groups excluding carboxylic acids is 1. The Bertz CT molecular complexity index is 413. The van der Waals surface area contributed by atoms with E-state index in [2.05, 4.69) is 24.4 Å². The van der Waals surface area contributed by atoms with Crippen molar-refractivity contribution >= 4 is 5.91 Å². The number of hydrogen-bond donors (Lipinski definition) is 2. The molecule has 0 saturated heterocycles. The standard InChI is InChI=1S/C15H21NO2/c1-11-3-2-4-12(9-11)5-8-15(18)16-10-14(17)13-6-7-13/h2-4,9,13-14,17H,5-8,10H2,1H3,(H,16,18). The largest absolute Gasteiger partial charge is 0.391 e. The fourth-order valence-electron chi connectivity index (χ4n) is 2.08. The van der Waals surface area contributed by atoms with E-state index in [-0.39, 0.29) is 12.0 Å². The second-order valence-electron chi connectivity index (χ2n) is 5.20. The Balaban J connectivity index is 1.67. The molecule has 0 aromatic heterocycles. The van der Waals surface area contributed by atoms with E-state index in [1.54, 1.807) is 0 Å². The molecule has 1 aliphatic carbocycles. The van der Waals surface area contributed by atoms with E-state index in [9.17, 15) is 9.90 Å². The molecule has 3 heteroatoms. The topological polar surface area (TPSA) is 49.3 Å². The van der Waals surface area contributed by atoms with Crippen molar-refractivity contribution in [2.75, 3.05) is 6.54 Å². The summed E-state index contributed by atoms with van der Waals surface area (Å²) in [5.74, 6) is 0.443. The molecule has 0 spiro atoms. The zero-order valence-electron chi connectivity index (χ0n) is 10.9. The third-order valence-corrected chi connectivity index (χ3v) is 3.40. The minimum absolute atomic E-state index is 0.0243.